The second-order valence-corrected chi connectivity index (χ2v) is 4.78. The zero-order valence-electron chi connectivity index (χ0n) is 6.27. The zero-order valence-corrected chi connectivity index (χ0v) is 8.67. The van der Waals surface area contributed by atoms with Crippen molar-refractivity contribution in [2.75, 3.05) is 0 Å². The fraction of sp³-hybridized carbons (Fsp3) is 0.125. The van der Waals surface area contributed by atoms with Crippen molar-refractivity contribution in [3.8, 4) is 0 Å². The number of rotatable bonds is 0. The van der Waals surface area contributed by atoms with Gasteiger partial charge in [0.2, 0.25) is 0 Å². The van der Waals surface area contributed by atoms with E-state index >= 15 is 0 Å². The van der Waals surface area contributed by atoms with Gasteiger partial charge in [0.15, 0.2) is 3.92 Å². The molecule has 0 bridgehead atoms. The fourth-order valence-corrected chi connectivity index (χ4v) is 2.51. The van der Waals surface area contributed by atoms with Gasteiger partial charge in [0.05, 0.1) is 10.2 Å². The second-order valence-electron chi connectivity index (χ2n) is 2.51. The van der Waals surface area contributed by atoms with Gasteiger partial charge in [0, 0.05) is 0 Å². The number of aromatic nitrogens is 1. The van der Waals surface area contributed by atoms with Crippen LogP contribution in [0.25, 0.3) is 10.2 Å². The van der Waals surface area contributed by atoms with E-state index < -0.39 is 0 Å². The summed E-state index contributed by atoms with van der Waals surface area (Å²) < 4.78 is 14.5. The Morgan fingerprint density at radius 3 is 2.92 bits per heavy atom. The summed E-state index contributed by atoms with van der Waals surface area (Å²) in [6.07, 6.45) is 0. The third-order valence-corrected chi connectivity index (χ3v) is 3.19. The first-order valence-electron chi connectivity index (χ1n) is 3.39. The molecule has 0 fully saturated rings. The maximum Gasteiger partial charge on any atom is 0.160 e. The topological polar surface area (TPSA) is 12.9 Å². The minimum absolute atomic E-state index is 0.196. The summed E-state index contributed by atoms with van der Waals surface area (Å²) in [5, 5.41) is 0. The monoisotopic (exact) mass is 245 g/mol. The van der Waals surface area contributed by atoms with E-state index in [-0.39, 0.29) is 5.82 Å². The molecular formula is C8H5BrFNS. The largest absolute Gasteiger partial charge is 0.229 e. The number of fused-ring (bicyclic) bond motifs is 1. The molecule has 12 heavy (non-hydrogen) atoms. The van der Waals surface area contributed by atoms with E-state index in [1.807, 2.05) is 6.92 Å². The molecule has 0 radical (unpaired) electrons. The van der Waals surface area contributed by atoms with Crippen LogP contribution in [0.2, 0.25) is 0 Å². The normalized spacial score (nSPS) is 10.9. The van der Waals surface area contributed by atoms with Crippen molar-refractivity contribution in [1.29, 1.82) is 0 Å². The lowest BCUT2D eigenvalue weighted by Gasteiger charge is -1.93. The molecule has 2 rings (SSSR count). The van der Waals surface area contributed by atoms with Crippen LogP contribution in [0.4, 0.5) is 4.39 Å². The highest BCUT2D eigenvalue weighted by Crippen LogP contribution is 2.29. The molecule has 4 heteroatoms. The summed E-state index contributed by atoms with van der Waals surface area (Å²) >= 11 is 4.56. The lowest BCUT2D eigenvalue weighted by Crippen LogP contribution is -1.78. The van der Waals surface area contributed by atoms with E-state index in [9.17, 15) is 4.39 Å². The Morgan fingerprint density at radius 1 is 1.50 bits per heavy atom. The molecule has 62 valence electrons. The molecule has 0 spiro atoms. The summed E-state index contributed by atoms with van der Waals surface area (Å²) in [7, 11) is 0. The molecule has 0 atom stereocenters. The number of hydrogen-bond donors (Lipinski definition) is 0. The summed E-state index contributed by atoms with van der Waals surface area (Å²) in [6.45, 7) is 1.92. The molecule has 0 amide bonds. The third-order valence-electron chi connectivity index (χ3n) is 1.67. The molecule has 2 aromatic rings. The van der Waals surface area contributed by atoms with E-state index in [0.717, 1.165) is 15.0 Å². The Balaban J connectivity index is 2.93. The minimum atomic E-state index is -0.196. The highest BCUT2D eigenvalue weighted by atomic mass is 79.9. The van der Waals surface area contributed by atoms with E-state index in [1.54, 1.807) is 6.07 Å². The average Bonchev–Trinajstić information content (AvgIpc) is 2.41. The molecule has 0 saturated heterocycles. The number of nitrogens with zero attached hydrogens (tertiary/aromatic N) is 1. The van der Waals surface area contributed by atoms with Crippen LogP contribution in [0, 0.1) is 12.7 Å². The molecule has 0 N–H and O–H groups in total. The predicted octanol–water partition coefficient (Wildman–Crippen LogP) is 3.51. The van der Waals surface area contributed by atoms with Gasteiger partial charge in [0.1, 0.15) is 5.82 Å². The van der Waals surface area contributed by atoms with Crippen LogP contribution in [0.3, 0.4) is 0 Å². The zero-order chi connectivity index (χ0) is 8.72. The van der Waals surface area contributed by atoms with Crippen LogP contribution < -0.4 is 0 Å². The van der Waals surface area contributed by atoms with Crippen LogP contribution in [-0.4, -0.2) is 4.98 Å². The Hall–Kier alpha value is -0.480. The van der Waals surface area contributed by atoms with Gasteiger partial charge in [0.25, 0.3) is 0 Å². The first-order valence-corrected chi connectivity index (χ1v) is 5.00. The van der Waals surface area contributed by atoms with Gasteiger partial charge < -0.3 is 0 Å². The molecular weight excluding hydrogens is 241 g/mol. The van der Waals surface area contributed by atoms with E-state index in [1.165, 1.54) is 17.4 Å². The molecule has 0 unspecified atom stereocenters. The van der Waals surface area contributed by atoms with Gasteiger partial charge in [-0.05, 0) is 34.5 Å². The molecule has 1 aromatic heterocycles. The maximum atomic E-state index is 13.1. The number of halogens is 2. The summed E-state index contributed by atoms with van der Waals surface area (Å²) in [4.78, 5) is 4.17. The minimum Gasteiger partial charge on any atom is -0.229 e. The standard InChI is InChI=1S/C8H5BrFNS/c1-4-2-3-5(10)7-6(4)11-8(9)12-7/h2-3H,1H3. The number of hydrogen-bond acceptors (Lipinski definition) is 2. The summed E-state index contributed by atoms with van der Waals surface area (Å²) in [5.41, 5.74) is 1.76. The highest BCUT2D eigenvalue weighted by molar-refractivity contribution is 9.11. The Labute approximate surface area is 81.4 Å². The lowest BCUT2D eigenvalue weighted by atomic mass is 10.2. The molecule has 0 aliphatic carbocycles. The second kappa shape index (κ2) is 2.78. The van der Waals surface area contributed by atoms with Crippen molar-refractivity contribution in [2.45, 2.75) is 6.92 Å². The van der Waals surface area contributed by atoms with Crippen molar-refractivity contribution in [3.05, 3.63) is 27.4 Å². The fourth-order valence-electron chi connectivity index (χ4n) is 1.08. The first kappa shape index (κ1) is 8.13. The van der Waals surface area contributed by atoms with Crippen LogP contribution in [0.15, 0.2) is 16.0 Å². The van der Waals surface area contributed by atoms with Crippen molar-refractivity contribution >= 4 is 37.5 Å². The Bertz CT molecular complexity index is 399. The van der Waals surface area contributed by atoms with E-state index in [0.29, 0.717) is 4.70 Å². The van der Waals surface area contributed by atoms with Crippen molar-refractivity contribution in [1.82, 2.24) is 4.98 Å². The maximum absolute atomic E-state index is 13.1. The SMILES string of the molecule is Cc1ccc(F)c2sc(Br)nc12. The van der Waals surface area contributed by atoms with Gasteiger partial charge in [-0.3, -0.25) is 0 Å². The lowest BCUT2D eigenvalue weighted by molar-refractivity contribution is 0.641. The Morgan fingerprint density at radius 2 is 2.25 bits per heavy atom. The van der Waals surface area contributed by atoms with E-state index in [2.05, 4.69) is 20.9 Å². The van der Waals surface area contributed by atoms with Crippen LogP contribution in [-0.2, 0) is 0 Å². The summed E-state index contributed by atoms with van der Waals surface area (Å²) in [5.74, 6) is -0.196. The van der Waals surface area contributed by atoms with Crippen molar-refractivity contribution in [3.63, 3.8) is 0 Å². The first-order chi connectivity index (χ1) is 5.68. The predicted molar refractivity (Wildman–Crippen MR) is 52.0 cm³/mol. The van der Waals surface area contributed by atoms with Crippen molar-refractivity contribution in [2.24, 2.45) is 0 Å². The Kier molecular flexibility index (Phi) is 1.88. The van der Waals surface area contributed by atoms with Crippen LogP contribution in [0.5, 0.6) is 0 Å². The molecule has 1 nitrogen and oxygen atoms in total. The molecule has 0 saturated carbocycles. The van der Waals surface area contributed by atoms with Crippen LogP contribution >= 0.6 is 27.3 Å². The number of benzene rings is 1. The quantitative estimate of drug-likeness (QED) is 0.693. The average molecular weight is 246 g/mol. The van der Waals surface area contributed by atoms with E-state index in [4.69, 9.17) is 0 Å². The van der Waals surface area contributed by atoms with Gasteiger partial charge in [-0.2, -0.15) is 0 Å². The number of thiazole rings is 1. The van der Waals surface area contributed by atoms with Gasteiger partial charge >= 0.3 is 0 Å². The highest BCUT2D eigenvalue weighted by Gasteiger charge is 2.07. The smallest absolute Gasteiger partial charge is 0.160 e. The van der Waals surface area contributed by atoms with Crippen molar-refractivity contribution < 1.29 is 4.39 Å². The van der Waals surface area contributed by atoms with Crippen LogP contribution in [0.1, 0.15) is 5.56 Å². The van der Waals surface area contributed by atoms with Gasteiger partial charge in [-0.15, -0.1) is 11.3 Å². The molecule has 0 aliphatic rings. The van der Waals surface area contributed by atoms with Gasteiger partial charge in [-0.1, -0.05) is 6.07 Å². The molecule has 1 aromatic carbocycles. The molecule has 1 heterocycles. The summed E-state index contributed by atoms with van der Waals surface area (Å²) in [6, 6.07) is 3.21. The molecule has 0 aliphatic heterocycles. The van der Waals surface area contributed by atoms with Gasteiger partial charge in [-0.25, -0.2) is 9.37 Å². The number of aryl methyl sites for hydroxylation is 1. The third kappa shape index (κ3) is 1.15.